The molecule has 0 bridgehead atoms. The first kappa shape index (κ1) is 48.4. The second-order valence-corrected chi connectivity index (χ2v) is 22.3. The van der Waals surface area contributed by atoms with Crippen molar-refractivity contribution in [1.82, 2.24) is 35.1 Å². The zero-order valence-electron chi connectivity index (χ0n) is 38.3. The van der Waals surface area contributed by atoms with E-state index in [-0.39, 0.29) is 38.4 Å². The van der Waals surface area contributed by atoms with Gasteiger partial charge >= 0.3 is 12.0 Å². The lowest BCUT2D eigenvalue weighted by Crippen LogP contribution is -2.59. The van der Waals surface area contributed by atoms with E-state index < -0.39 is 80.2 Å². The van der Waals surface area contributed by atoms with Crippen LogP contribution in [0.3, 0.4) is 0 Å². The van der Waals surface area contributed by atoms with Crippen molar-refractivity contribution in [3.05, 3.63) is 41.8 Å². The minimum absolute atomic E-state index is 0.0000723. The number of ether oxygens (including phenoxy) is 2. The summed E-state index contributed by atoms with van der Waals surface area (Å²) in [5.74, 6) is -1.68. The van der Waals surface area contributed by atoms with E-state index in [0.29, 0.717) is 46.6 Å². The molecule has 2 unspecified atom stereocenters. The summed E-state index contributed by atoms with van der Waals surface area (Å²) >= 11 is 1.45. The van der Waals surface area contributed by atoms with Crippen molar-refractivity contribution in [1.29, 1.82) is 0 Å². The van der Waals surface area contributed by atoms with Crippen LogP contribution in [0.25, 0.3) is 22.3 Å². The summed E-state index contributed by atoms with van der Waals surface area (Å²) in [5, 5.41) is 25.0. The van der Waals surface area contributed by atoms with E-state index in [9.17, 15) is 32.7 Å². The highest BCUT2D eigenvalue weighted by atomic mass is 32.2. The molecule has 1 saturated heterocycles. The first-order chi connectivity index (χ1) is 30.1. The minimum Gasteiger partial charge on any atom is -0.497 e. The summed E-state index contributed by atoms with van der Waals surface area (Å²) in [5.41, 5.74) is -0.345. The van der Waals surface area contributed by atoms with Gasteiger partial charge in [-0.05, 0) is 70.9 Å². The Balaban J connectivity index is 1.32. The Morgan fingerprint density at radius 3 is 2.52 bits per heavy atom. The smallest absolute Gasteiger partial charge is 0.330 e. The van der Waals surface area contributed by atoms with E-state index in [1.165, 1.54) is 27.6 Å². The number of thiazole rings is 1. The van der Waals surface area contributed by atoms with E-state index in [4.69, 9.17) is 19.4 Å². The number of carboxylic acid groups (broad SMARTS) is 1. The van der Waals surface area contributed by atoms with Crippen LogP contribution in [0, 0.1) is 11.3 Å². The normalized spacial score (nSPS) is 24.3. The quantitative estimate of drug-likeness (QED) is 0.129. The van der Waals surface area contributed by atoms with Crippen LogP contribution in [-0.2, 0) is 24.4 Å². The van der Waals surface area contributed by atoms with Gasteiger partial charge in [0.1, 0.15) is 40.9 Å². The average molecular weight is 925 g/mol. The van der Waals surface area contributed by atoms with Gasteiger partial charge in [-0.2, -0.15) is 0 Å². The number of carbonyl (C=O) groups excluding carboxylic acids is 3. The van der Waals surface area contributed by atoms with Crippen molar-refractivity contribution in [2.24, 2.45) is 11.3 Å². The third-order valence-corrected chi connectivity index (χ3v) is 15.2. The fraction of sp³-hybridized carbons (Fsp3) is 0.600. The Morgan fingerprint density at radius 2 is 1.84 bits per heavy atom. The molecule has 350 valence electrons. The van der Waals surface area contributed by atoms with Gasteiger partial charge in [0, 0.05) is 60.9 Å². The maximum absolute atomic E-state index is 14.9. The van der Waals surface area contributed by atoms with Gasteiger partial charge in [0.2, 0.25) is 21.8 Å². The maximum atomic E-state index is 14.9. The number of aromatic nitrogens is 2. The highest BCUT2D eigenvalue weighted by molar-refractivity contribution is 7.89. The lowest BCUT2D eigenvalue weighted by atomic mass is 9.87. The van der Waals surface area contributed by atoms with E-state index in [0.717, 1.165) is 18.0 Å². The number of benzene rings is 1. The van der Waals surface area contributed by atoms with Gasteiger partial charge in [-0.15, -0.1) is 11.3 Å². The Bertz CT molecular complexity index is 2350. The van der Waals surface area contributed by atoms with Gasteiger partial charge < -0.3 is 40.7 Å². The van der Waals surface area contributed by atoms with Crippen LogP contribution in [0.4, 0.5) is 9.93 Å². The van der Waals surface area contributed by atoms with Gasteiger partial charge in [0.15, 0.2) is 5.13 Å². The molecule has 3 aromatic rings. The van der Waals surface area contributed by atoms with E-state index in [1.54, 1.807) is 39.2 Å². The number of sulfonamides is 1. The number of aliphatic carboxylic acids is 1. The standard InChI is InChI=1S/C45H64N8O9S2/c1-26(2)46-43-49-35(25-63-43)34-21-37(31-18-17-29(61-9)19-33(31)47-34)62-30-20-36-39(54)51-45(41(56)57)22-28(45)15-13-11-10-12-14-16-32(40(55)53(36)23-30)48-42(58)50-38(44(5,6)7)24-52(8)64(59,60)27(3)4/h13,15,17-19,21,25-28,30,32,36,38H,10-12,14,16,20,22-24H2,1-9H3,(H,46,49)(H,51,54)(H,56,57)(H2,48,50,58)/b15-13-/t28?,30-,32+,36+,38?,45-/m1/s1. The fourth-order valence-corrected chi connectivity index (χ4v) is 10.1. The van der Waals surface area contributed by atoms with Gasteiger partial charge in [-0.3, -0.25) is 9.59 Å². The van der Waals surface area contributed by atoms with Gasteiger partial charge in [-0.1, -0.05) is 45.8 Å². The average Bonchev–Trinajstić information content (AvgIpc) is 3.48. The molecular weight excluding hydrogens is 861 g/mol. The molecule has 6 rings (SSSR count). The molecule has 3 aliphatic rings. The van der Waals surface area contributed by atoms with Crippen molar-refractivity contribution < 1.29 is 42.2 Å². The van der Waals surface area contributed by atoms with E-state index >= 15 is 0 Å². The predicted octanol–water partition coefficient (Wildman–Crippen LogP) is 5.77. The minimum atomic E-state index is -3.63. The summed E-state index contributed by atoms with van der Waals surface area (Å²) in [7, 11) is -0.582. The molecule has 4 amide bonds. The molecule has 0 spiro atoms. The Kier molecular flexibility index (Phi) is 14.8. The third-order valence-electron chi connectivity index (χ3n) is 12.2. The zero-order chi connectivity index (χ0) is 46.7. The molecular formula is C45H64N8O9S2. The predicted molar refractivity (Wildman–Crippen MR) is 247 cm³/mol. The van der Waals surface area contributed by atoms with Crippen LogP contribution in [0.2, 0.25) is 0 Å². The number of urea groups is 1. The lowest BCUT2D eigenvalue weighted by molar-refractivity contribution is -0.145. The molecule has 1 saturated carbocycles. The van der Waals surface area contributed by atoms with Crippen molar-refractivity contribution in [2.75, 3.05) is 32.6 Å². The van der Waals surface area contributed by atoms with Crippen molar-refractivity contribution >= 4 is 61.2 Å². The lowest BCUT2D eigenvalue weighted by Gasteiger charge is -2.35. The number of allylic oxidation sites excluding steroid dienone is 1. The number of rotatable bonds is 13. The van der Waals surface area contributed by atoms with Crippen LogP contribution >= 0.6 is 11.3 Å². The molecule has 2 aliphatic heterocycles. The Morgan fingerprint density at radius 1 is 1.09 bits per heavy atom. The van der Waals surface area contributed by atoms with Gasteiger partial charge in [-0.25, -0.2) is 32.3 Å². The van der Waals surface area contributed by atoms with Gasteiger partial charge in [0.25, 0.3) is 0 Å². The number of nitrogens with zero attached hydrogens (tertiary/aromatic N) is 4. The highest BCUT2D eigenvalue weighted by Crippen LogP contribution is 2.45. The van der Waals surface area contributed by atoms with Crippen LogP contribution in [-0.4, -0.2) is 125 Å². The molecule has 1 aliphatic carbocycles. The molecule has 1 aromatic carbocycles. The number of carbonyl (C=O) groups is 4. The Hall–Kier alpha value is -5.01. The summed E-state index contributed by atoms with van der Waals surface area (Å²) in [6, 6.07) is 3.85. The van der Waals surface area contributed by atoms with E-state index in [1.807, 2.05) is 58.2 Å². The number of nitrogens with one attached hydrogen (secondary N) is 4. The van der Waals surface area contributed by atoms with Crippen molar-refractivity contribution in [3.8, 4) is 22.9 Å². The zero-order valence-corrected chi connectivity index (χ0v) is 39.9. The fourth-order valence-electron chi connectivity index (χ4n) is 8.18. The van der Waals surface area contributed by atoms with Crippen LogP contribution in [0.15, 0.2) is 41.8 Å². The second kappa shape index (κ2) is 19.6. The molecule has 2 fully saturated rings. The monoisotopic (exact) mass is 924 g/mol. The van der Waals surface area contributed by atoms with Crippen LogP contribution < -0.4 is 30.7 Å². The number of amides is 4. The van der Waals surface area contributed by atoms with Crippen molar-refractivity contribution in [3.63, 3.8) is 0 Å². The number of hydrogen-bond acceptors (Lipinski definition) is 12. The summed E-state index contributed by atoms with van der Waals surface area (Å²) in [6.45, 7) is 12.9. The number of anilines is 1. The molecule has 4 heterocycles. The van der Waals surface area contributed by atoms with Crippen molar-refractivity contribution in [2.45, 2.75) is 134 Å². The largest absolute Gasteiger partial charge is 0.497 e. The SMILES string of the molecule is COc1ccc2c(O[C@@H]3C[C@H]4C(=O)N[C@]5(C(=O)O)CC5/C=C\CCCCC[C@H](NC(=O)NC(CN(C)S(=O)(=O)C(C)C)C(C)(C)C)C(=O)N4C3)cc(-c3csc(NC(C)C)n3)nc2c1. The first-order valence-electron chi connectivity index (χ1n) is 22.1. The third kappa shape index (κ3) is 11.1. The topological polar surface area (TPSA) is 221 Å². The number of fused-ring (bicyclic) bond motifs is 3. The number of pyridine rings is 1. The molecule has 64 heavy (non-hydrogen) atoms. The Labute approximate surface area is 380 Å². The van der Waals surface area contributed by atoms with Crippen LogP contribution in [0.5, 0.6) is 11.5 Å². The van der Waals surface area contributed by atoms with Crippen LogP contribution in [0.1, 0.15) is 93.4 Å². The molecule has 6 atom stereocenters. The first-order valence-corrected chi connectivity index (χ1v) is 24.4. The van der Waals surface area contributed by atoms with Gasteiger partial charge in [0.05, 0.1) is 30.1 Å². The molecule has 2 aromatic heterocycles. The number of methoxy groups -OCH3 is 1. The molecule has 0 radical (unpaired) electrons. The summed E-state index contributed by atoms with van der Waals surface area (Å²) < 4.78 is 39.5. The van der Waals surface area contributed by atoms with E-state index in [2.05, 4.69) is 21.3 Å². The molecule has 19 heteroatoms. The maximum Gasteiger partial charge on any atom is 0.330 e. The number of carboxylic acids is 1. The molecule has 5 N–H and O–H groups in total. The summed E-state index contributed by atoms with van der Waals surface area (Å²) in [6.07, 6.45) is 6.36. The summed E-state index contributed by atoms with van der Waals surface area (Å²) in [4.78, 5) is 67.0. The number of likely N-dealkylation sites (N-methyl/N-ethyl adjacent to an activating group) is 1. The second-order valence-electron chi connectivity index (χ2n) is 18.8. The molecule has 17 nitrogen and oxygen atoms in total. The number of hydrogen-bond donors (Lipinski definition) is 5. The highest BCUT2D eigenvalue weighted by Gasteiger charge is 2.61.